The van der Waals surface area contributed by atoms with E-state index in [2.05, 4.69) is 0 Å². The van der Waals surface area contributed by atoms with E-state index in [4.69, 9.17) is 17.3 Å². The van der Waals surface area contributed by atoms with E-state index in [1.807, 2.05) is 24.3 Å². The number of halogens is 2. The van der Waals surface area contributed by atoms with E-state index in [9.17, 15) is 4.39 Å². The Morgan fingerprint density at radius 2 is 1.94 bits per heavy atom. The van der Waals surface area contributed by atoms with Gasteiger partial charge in [0, 0.05) is 10.7 Å². The number of anilines is 1. The average molecular weight is 236 g/mol. The number of benzene rings is 2. The highest BCUT2D eigenvalue weighted by molar-refractivity contribution is 6.30. The fourth-order valence-electron chi connectivity index (χ4n) is 1.59. The Morgan fingerprint density at radius 3 is 2.62 bits per heavy atom. The number of hydrogen-bond acceptors (Lipinski definition) is 1. The van der Waals surface area contributed by atoms with Crippen LogP contribution in [0.1, 0.15) is 11.1 Å². The van der Waals surface area contributed by atoms with Crippen LogP contribution in [-0.4, -0.2) is 0 Å². The normalized spacial score (nSPS) is 10.4. The molecule has 0 atom stereocenters. The second-order valence-corrected chi connectivity index (χ2v) is 4.09. The fourth-order valence-corrected chi connectivity index (χ4v) is 1.81. The van der Waals surface area contributed by atoms with E-state index >= 15 is 0 Å². The summed E-state index contributed by atoms with van der Waals surface area (Å²) in [6.45, 7) is 0. The van der Waals surface area contributed by atoms with Crippen molar-refractivity contribution in [3.63, 3.8) is 0 Å². The van der Waals surface area contributed by atoms with Gasteiger partial charge in [0.2, 0.25) is 0 Å². The van der Waals surface area contributed by atoms with Gasteiger partial charge in [-0.15, -0.1) is 0 Å². The van der Waals surface area contributed by atoms with Crippen LogP contribution < -0.4 is 5.73 Å². The first-order valence-electron chi connectivity index (χ1n) is 4.93. The Bertz CT molecular complexity index is 511. The first-order chi connectivity index (χ1) is 7.65. The van der Waals surface area contributed by atoms with Crippen LogP contribution >= 0.6 is 11.6 Å². The van der Waals surface area contributed by atoms with Crippen molar-refractivity contribution >= 4 is 17.3 Å². The van der Waals surface area contributed by atoms with Crippen LogP contribution in [0.4, 0.5) is 10.1 Å². The highest BCUT2D eigenvalue weighted by Gasteiger charge is 2.02. The average Bonchev–Trinajstić information content (AvgIpc) is 2.22. The first kappa shape index (κ1) is 11.0. The summed E-state index contributed by atoms with van der Waals surface area (Å²) in [7, 11) is 0. The molecule has 0 unspecified atom stereocenters. The fraction of sp³-hybridized carbons (Fsp3) is 0.0769. The summed E-state index contributed by atoms with van der Waals surface area (Å²) in [5, 5.41) is 0.693. The zero-order chi connectivity index (χ0) is 11.5. The summed E-state index contributed by atoms with van der Waals surface area (Å²) in [5.74, 6) is -0.313. The lowest BCUT2D eigenvalue weighted by molar-refractivity contribution is 0.628. The van der Waals surface area contributed by atoms with Gasteiger partial charge in [0.1, 0.15) is 5.82 Å². The van der Waals surface area contributed by atoms with E-state index in [1.165, 1.54) is 12.1 Å². The zero-order valence-electron chi connectivity index (χ0n) is 8.58. The third-order valence-corrected chi connectivity index (χ3v) is 2.63. The van der Waals surface area contributed by atoms with Gasteiger partial charge in [0.05, 0.1) is 0 Å². The molecular weight excluding hydrogens is 225 g/mol. The molecule has 0 aliphatic rings. The van der Waals surface area contributed by atoms with Gasteiger partial charge in [0.15, 0.2) is 0 Å². The molecule has 0 saturated carbocycles. The molecule has 3 heteroatoms. The van der Waals surface area contributed by atoms with Gasteiger partial charge in [-0.05, 0) is 41.8 Å². The van der Waals surface area contributed by atoms with E-state index in [1.54, 1.807) is 6.07 Å². The summed E-state index contributed by atoms with van der Waals surface area (Å²) >= 11 is 5.88. The minimum atomic E-state index is -0.313. The number of nitrogens with two attached hydrogens (primary N) is 1. The van der Waals surface area contributed by atoms with Crippen LogP contribution in [-0.2, 0) is 6.42 Å². The van der Waals surface area contributed by atoms with Crippen LogP contribution in [0.2, 0.25) is 5.02 Å². The number of hydrogen-bond donors (Lipinski definition) is 1. The van der Waals surface area contributed by atoms with E-state index < -0.39 is 0 Å². The standard InChI is InChI=1S/C13H11ClFN/c14-11-3-1-2-9(7-11)6-10-4-5-12(15)8-13(10)16/h1-5,7-8H,6,16H2. The maximum Gasteiger partial charge on any atom is 0.125 e. The Balaban J connectivity index is 2.27. The van der Waals surface area contributed by atoms with Crippen molar-refractivity contribution in [2.24, 2.45) is 0 Å². The molecule has 0 heterocycles. The predicted octanol–water partition coefficient (Wildman–Crippen LogP) is 3.65. The van der Waals surface area contributed by atoms with Gasteiger partial charge in [-0.25, -0.2) is 4.39 Å². The molecule has 0 bridgehead atoms. The van der Waals surface area contributed by atoms with Crippen LogP contribution in [0.3, 0.4) is 0 Å². The minimum absolute atomic E-state index is 0.313. The van der Waals surface area contributed by atoms with E-state index in [0.29, 0.717) is 17.1 Å². The van der Waals surface area contributed by atoms with Gasteiger partial charge in [-0.2, -0.15) is 0 Å². The highest BCUT2D eigenvalue weighted by atomic mass is 35.5. The molecule has 0 aliphatic heterocycles. The lowest BCUT2D eigenvalue weighted by Gasteiger charge is -2.06. The third kappa shape index (κ3) is 2.52. The van der Waals surface area contributed by atoms with Crippen molar-refractivity contribution in [3.05, 3.63) is 64.4 Å². The van der Waals surface area contributed by atoms with Crippen molar-refractivity contribution in [2.45, 2.75) is 6.42 Å². The second kappa shape index (κ2) is 4.54. The molecular formula is C13H11ClFN. The van der Waals surface area contributed by atoms with Gasteiger partial charge < -0.3 is 5.73 Å². The Kier molecular flexibility index (Phi) is 3.11. The molecule has 0 aromatic heterocycles. The van der Waals surface area contributed by atoms with Gasteiger partial charge in [0.25, 0.3) is 0 Å². The zero-order valence-corrected chi connectivity index (χ0v) is 9.34. The lowest BCUT2D eigenvalue weighted by Crippen LogP contribution is -1.96. The smallest absolute Gasteiger partial charge is 0.125 e. The van der Waals surface area contributed by atoms with Gasteiger partial charge in [-0.3, -0.25) is 0 Å². The molecule has 0 amide bonds. The van der Waals surface area contributed by atoms with E-state index in [-0.39, 0.29) is 5.82 Å². The molecule has 0 aliphatic carbocycles. The molecule has 16 heavy (non-hydrogen) atoms. The molecule has 0 saturated heterocycles. The Morgan fingerprint density at radius 1 is 1.12 bits per heavy atom. The predicted molar refractivity (Wildman–Crippen MR) is 65.1 cm³/mol. The topological polar surface area (TPSA) is 26.0 Å². The monoisotopic (exact) mass is 235 g/mol. The first-order valence-corrected chi connectivity index (χ1v) is 5.31. The molecule has 1 nitrogen and oxygen atoms in total. The minimum Gasteiger partial charge on any atom is -0.398 e. The maximum absolute atomic E-state index is 12.8. The largest absolute Gasteiger partial charge is 0.398 e. The van der Waals surface area contributed by atoms with Crippen molar-refractivity contribution in [3.8, 4) is 0 Å². The summed E-state index contributed by atoms with van der Waals surface area (Å²) in [5.41, 5.74) is 8.17. The summed E-state index contributed by atoms with van der Waals surface area (Å²) < 4.78 is 12.8. The molecule has 2 N–H and O–H groups in total. The van der Waals surface area contributed by atoms with Crippen LogP contribution in [0, 0.1) is 5.82 Å². The number of nitrogen functional groups attached to an aromatic ring is 1. The molecule has 0 fully saturated rings. The molecule has 0 spiro atoms. The third-order valence-electron chi connectivity index (χ3n) is 2.39. The van der Waals surface area contributed by atoms with Crippen molar-refractivity contribution in [2.75, 3.05) is 5.73 Å². The molecule has 2 rings (SSSR count). The summed E-state index contributed by atoms with van der Waals surface area (Å²) in [6, 6.07) is 12.0. The Hall–Kier alpha value is -1.54. The quantitative estimate of drug-likeness (QED) is 0.790. The van der Waals surface area contributed by atoms with Crippen molar-refractivity contribution in [1.29, 1.82) is 0 Å². The van der Waals surface area contributed by atoms with Crippen LogP contribution in [0.5, 0.6) is 0 Å². The Labute approximate surface area is 98.7 Å². The van der Waals surface area contributed by atoms with Gasteiger partial charge >= 0.3 is 0 Å². The van der Waals surface area contributed by atoms with Gasteiger partial charge in [-0.1, -0.05) is 29.8 Å². The van der Waals surface area contributed by atoms with Crippen molar-refractivity contribution < 1.29 is 4.39 Å². The highest BCUT2D eigenvalue weighted by Crippen LogP contribution is 2.19. The van der Waals surface area contributed by atoms with E-state index in [0.717, 1.165) is 11.1 Å². The van der Waals surface area contributed by atoms with Crippen LogP contribution in [0.15, 0.2) is 42.5 Å². The van der Waals surface area contributed by atoms with Crippen molar-refractivity contribution in [1.82, 2.24) is 0 Å². The lowest BCUT2D eigenvalue weighted by atomic mass is 10.0. The molecule has 2 aromatic rings. The van der Waals surface area contributed by atoms with Crippen LogP contribution in [0.25, 0.3) is 0 Å². The summed E-state index contributed by atoms with van der Waals surface area (Å²) in [4.78, 5) is 0. The second-order valence-electron chi connectivity index (χ2n) is 3.65. The SMILES string of the molecule is Nc1cc(F)ccc1Cc1cccc(Cl)c1. The molecule has 2 aromatic carbocycles. The molecule has 0 radical (unpaired) electrons. The maximum atomic E-state index is 12.8. The number of rotatable bonds is 2. The summed E-state index contributed by atoms with van der Waals surface area (Å²) in [6.07, 6.45) is 0.659. The molecule has 82 valence electrons.